The molecule has 6 rings (SSSR count). The van der Waals surface area contributed by atoms with Crippen LogP contribution < -0.4 is 5.56 Å². The van der Waals surface area contributed by atoms with Gasteiger partial charge in [-0.15, -0.1) is 0 Å². The molecule has 0 bridgehead atoms. The molecule has 7 heteroatoms. The molecule has 31 heavy (non-hydrogen) atoms. The second-order valence-corrected chi connectivity index (χ2v) is 7.99. The fourth-order valence-corrected chi connectivity index (χ4v) is 4.39. The maximum atomic E-state index is 13.5. The normalized spacial score (nSPS) is 16.6. The van der Waals surface area contributed by atoms with E-state index in [0.29, 0.717) is 35.3 Å². The first-order valence-corrected chi connectivity index (χ1v) is 10.6. The van der Waals surface area contributed by atoms with E-state index >= 15 is 0 Å². The lowest BCUT2D eigenvalue weighted by Crippen LogP contribution is -2.26. The van der Waals surface area contributed by atoms with Crippen LogP contribution in [-0.4, -0.2) is 36.8 Å². The molecule has 4 heterocycles. The number of fused-ring (bicyclic) bond motifs is 4. The SMILES string of the molecule is O=c1c2c3nc4ccccc4nc3n(Cc3ccccc3)c2ncn1CC1CCCO1. The Labute approximate surface area is 178 Å². The van der Waals surface area contributed by atoms with E-state index in [1.807, 2.05) is 47.0 Å². The van der Waals surface area contributed by atoms with E-state index in [1.54, 1.807) is 10.9 Å². The van der Waals surface area contributed by atoms with Crippen LogP contribution in [0.4, 0.5) is 0 Å². The molecule has 1 atom stereocenters. The minimum Gasteiger partial charge on any atom is -0.376 e. The van der Waals surface area contributed by atoms with E-state index in [4.69, 9.17) is 19.7 Å². The predicted octanol–water partition coefficient (Wildman–Crippen LogP) is 3.52. The van der Waals surface area contributed by atoms with Crippen LogP contribution in [0.1, 0.15) is 18.4 Å². The summed E-state index contributed by atoms with van der Waals surface area (Å²) in [7, 11) is 0. The molecule has 1 saturated heterocycles. The summed E-state index contributed by atoms with van der Waals surface area (Å²) >= 11 is 0. The quantitative estimate of drug-likeness (QED) is 0.452. The zero-order chi connectivity index (χ0) is 20.8. The summed E-state index contributed by atoms with van der Waals surface area (Å²) < 4.78 is 9.38. The monoisotopic (exact) mass is 411 g/mol. The summed E-state index contributed by atoms with van der Waals surface area (Å²) in [5.74, 6) is 0. The van der Waals surface area contributed by atoms with Gasteiger partial charge in [0.15, 0.2) is 11.3 Å². The molecule has 5 aromatic rings. The van der Waals surface area contributed by atoms with Crippen molar-refractivity contribution < 1.29 is 4.74 Å². The third kappa shape index (κ3) is 3.09. The molecule has 3 aromatic heterocycles. The van der Waals surface area contributed by atoms with Gasteiger partial charge in [0.25, 0.3) is 5.56 Å². The second-order valence-electron chi connectivity index (χ2n) is 7.99. The lowest BCUT2D eigenvalue weighted by molar-refractivity contribution is 0.0960. The minimum absolute atomic E-state index is 0.0570. The fraction of sp³-hybridized carbons (Fsp3) is 0.250. The van der Waals surface area contributed by atoms with Crippen molar-refractivity contribution in [1.29, 1.82) is 0 Å². The van der Waals surface area contributed by atoms with Crippen LogP contribution in [0.15, 0.2) is 65.7 Å². The third-order valence-electron chi connectivity index (χ3n) is 5.93. The maximum Gasteiger partial charge on any atom is 0.265 e. The van der Waals surface area contributed by atoms with Crippen LogP contribution in [-0.2, 0) is 17.8 Å². The van der Waals surface area contributed by atoms with Crippen LogP contribution in [0.3, 0.4) is 0 Å². The summed E-state index contributed by atoms with van der Waals surface area (Å²) in [6.45, 7) is 1.83. The topological polar surface area (TPSA) is 74.8 Å². The Balaban J connectivity index is 1.61. The molecular weight excluding hydrogens is 390 g/mol. The van der Waals surface area contributed by atoms with Gasteiger partial charge in [0.2, 0.25) is 0 Å². The summed E-state index contributed by atoms with van der Waals surface area (Å²) in [5.41, 5.74) is 4.47. The Morgan fingerprint density at radius 2 is 1.74 bits per heavy atom. The molecular formula is C24H21N5O2. The second kappa shape index (κ2) is 7.28. The van der Waals surface area contributed by atoms with Gasteiger partial charge in [0, 0.05) is 6.61 Å². The maximum absolute atomic E-state index is 13.5. The Bertz CT molecular complexity index is 1470. The van der Waals surface area contributed by atoms with E-state index < -0.39 is 0 Å². The van der Waals surface area contributed by atoms with Crippen LogP contribution in [0.25, 0.3) is 33.2 Å². The van der Waals surface area contributed by atoms with E-state index in [9.17, 15) is 4.79 Å². The molecule has 1 fully saturated rings. The molecule has 1 aliphatic heterocycles. The predicted molar refractivity (Wildman–Crippen MR) is 119 cm³/mol. The molecule has 7 nitrogen and oxygen atoms in total. The zero-order valence-electron chi connectivity index (χ0n) is 16.9. The van der Waals surface area contributed by atoms with Gasteiger partial charge >= 0.3 is 0 Å². The molecule has 154 valence electrons. The van der Waals surface area contributed by atoms with Gasteiger partial charge in [-0.3, -0.25) is 9.36 Å². The first kappa shape index (κ1) is 18.2. The molecule has 2 aromatic carbocycles. The fourth-order valence-electron chi connectivity index (χ4n) is 4.39. The van der Waals surface area contributed by atoms with Crippen LogP contribution in [0.5, 0.6) is 0 Å². The lowest BCUT2D eigenvalue weighted by atomic mass is 10.2. The van der Waals surface area contributed by atoms with Crippen molar-refractivity contribution in [2.24, 2.45) is 0 Å². The minimum atomic E-state index is -0.0955. The van der Waals surface area contributed by atoms with Crippen LogP contribution in [0.2, 0.25) is 0 Å². The van der Waals surface area contributed by atoms with E-state index in [-0.39, 0.29) is 11.7 Å². The lowest BCUT2D eigenvalue weighted by Gasteiger charge is -2.11. The zero-order valence-corrected chi connectivity index (χ0v) is 16.9. The molecule has 1 unspecified atom stereocenters. The van der Waals surface area contributed by atoms with E-state index in [0.717, 1.165) is 36.0 Å². The number of ether oxygens (including phenoxy) is 1. The summed E-state index contributed by atoms with van der Waals surface area (Å²) in [5, 5.41) is 0.518. The van der Waals surface area contributed by atoms with Gasteiger partial charge in [0.1, 0.15) is 10.9 Å². The van der Waals surface area contributed by atoms with Gasteiger partial charge in [-0.05, 0) is 30.5 Å². The molecule has 0 saturated carbocycles. The number of benzene rings is 2. The first-order chi connectivity index (χ1) is 15.3. The Kier molecular flexibility index (Phi) is 4.28. The molecule has 0 radical (unpaired) electrons. The summed E-state index contributed by atoms with van der Waals surface area (Å²) in [6.07, 6.45) is 3.68. The van der Waals surface area contributed by atoms with Crippen molar-refractivity contribution >= 4 is 33.2 Å². The van der Waals surface area contributed by atoms with Crippen molar-refractivity contribution in [1.82, 2.24) is 24.1 Å². The van der Waals surface area contributed by atoms with Gasteiger partial charge in [-0.25, -0.2) is 15.0 Å². The summed E-state index contributed by atoms with van der Waals surface area (Å²) in [4.78, 5) is 27.9. The number of aromatic nitrogens is 5. The number of rotatable bonds is 4. The van der Waals surface area contributed by atoms with Crippen molar-refractivity contribution in [3.05, 3.63) is 76.8 Å². The highest BCUT2D eigenvalue weighted by Crippen LogP contribution is 2.26. The molecule has 0 N–H and O–H groups in total. The smallest absolute Gasteiger partial charge is 0.265 e. The van der Waals surface area contributed by atoms with E-state index in [1.165, 1.54) is 0 Å². The highest BCUT2D eigenvalue weighted by molar-refractivity contribution is 6.04. The first-order valence-electron chi connectivity index (χ1n) is 10.6. The van der Waals surface area contributed by atoms with Crippen LogP contribution in [0, 0.1) is 0 Å². The average Bonchev–Trinajstić information content (AvgIpc) is 3.42. The summed E-state index contributed by atoms with van der Waals surface area (Å²) in [6, 6.07) is 17.9. The molecule has 0 spiro atoms. The Morgan fingerprint density at radius 1 is 0.968 bits per heavy atom. The highest BCUT2D eigenvalue weighted by atomic mass is 16.5. The Morgan fingerprint density at radius 3 is 2.52 bits per heavy atom. The number of hydrogen-bond acceptors (Lipinski definition) is 5. The molecule has 0 amide bonds. The van der Waals surface area contributed by atoms with Crippen LogP contribution >= 0.6 is 0 Å². The van der Waals surface area contributed by atoms with Gasteiger partial charge < -0.3 is 9.30 Å². The highest BCUT2D eigenvalue weighted by Gasteiger charge is 2.22. The molecule has 0 aliphatic carbocycles. The average molecular weight is 411 g/mol. The number of para-hydroxylation sites is 2. The van der Waals surface area contributed by atoms with Gasteiger partial charge in [-0.2, -0.15) is 0 Å². The number of nitrogens with zero attached hydrogens (tertiary/aromatic N) is 5. The van der Waals surface area contributed by atoms with Crippen molar-refractivity contribution in [2.75, 3.05) is 6.61 Å². The van der Waals surface area contributed by atoms with Crippen molar-refractivity contribution in [3.8, 4) is 0 Å². The largest absolute Gasteiger partial charge is 0.376 e. The molecule has 1 aliphatic rings. The van der Waals surface area contributed by atoms with Crippen molar-refractivity contribution in [2.45, 2.75) is 32.0 Å². The Hall–Kier alpha value is -3.58. The van der Waals surface area contributed by atoms with E-state index in [2.05, 4.69) is 12.1 Å². The standard InChI is InChI=1S/C24H21N5O2/c30-24-20-21-23(27-19-11-5-4-10-18(19)26-21)29(13-16-7-2-1-3-8-16)22(20)25-15-28(24)14-17-9-6-12-31-17/h1-5,7-8,10-11,15,17H,6,9,12-14H2. The number of hydrogen-bond donors (Lipinski definition) is 0. The third-order valence-corrected chi connectivity index (χ3v) is 5.93. The van der Waals surface area contributed by atoms with Gasteiger partial charge in [-0.1, -0.05) is 42.5 Å². The van der Waals surface area contributed by atoms with Gasteiger partial charge in [0.05, 0.1) is 36.6 Å². The van der Waals surface area contributed by atoms with Crippen molar-refractivity contribution in [3.63, 3.8) is 0 Å².